The molecule has 2 heterocycles. The first kappa shape index (κ1) is 18.5. The van der Waals surface area contributed by atoms with Crippen molar-refractivity contribution in [1.29, 1.82) is 0 Å². The van der Waals surface area contributed by atoms with E-state index in [1.54, 1.807) is 0 Å². The average Bonchev–Trinajstić information content (AvgIpc) is 3.43. The predicted octanol–water partition coefficient (Wildman–Crippen LogP) is 4.35. The topological polar surface area (TPSA) is 86.5 Å². The first-order valence-corrected chi connectivity index (χ1v) is 10.0. The summed E-state index contributed by atoms with van der Waals surface area (Å²) in [4.78, 5) is 17.8. The van der Waals surface area contributed by atoms with Gasteiger partial charge in [0.05, 0.1) is 5.41 Å². The molecule has 0 radical (unpaired) electrons. The van der Waals surface area contributed by atoms with E-state index in [1.165, 1.54) is 0 Å². The van der Waals surface area contributed by atoms with Gasteiger partial charge in [0, 0.05) is 17.4 Å². The Hall–Kier alpha value is -3.54. The number of aromatic nitrogens is 1. The van der Waals surface area contributed by atoms with Crippen LogP contribution in [0.15, 0.2) is 48.7 Å². The molecule has 1 aromatic heterocycles. The van der Waals surface area contributed by atoms with Crippen LogP contribution in [0.4, 0.5) is 11.5 Å². The van der Waals surface area contributed by atoms with Crippen molar-refractivity contribution in [1.82, 2.24) is 4.98 Å². The molecule has 0 atom stereocenters. The van der Waals surface area contributed by atoms with Gasteiger partial charge in [-0.3, -0.25) is 4.79 Å². The van der Waals surface area contributed by atoms with E-state index in [0.717, 1.165) is 52.1 Å². The highest BCUT2D eigenvalue weighted by Crippen LogP contribution is 2.51. The third-order valence-corrected chi connectivity index (χ3v) is 6.21. The molecule has 3 aromatic rings. The molecule has 1 saturated carbocycles. The molecule has 6 heteroatoms. The summed E-state index contributed by atoms with van der Waals surface area (Å²) in [7, 11) is 0. The fourth-order valence-electron chi connectivity index (χ4n) is 3.98. The second-order valence-electron chi connectivity index (χ2n) is 8.00. The fourth-order valence-corrected chi connectivity index (χ4v) is 3.98. The van der Waals surface area contributed by atoms with E-state index < -0.39 is 5.41 Å². The molecule has 1 fully saturated rings. The van der Waals surface area contributed by atoms with E-state index in [-0.39, 0.29) is 12.7 Å². The lowest BCUT2D eigenvalue weighted by Crippen LogP contribution is -2.28. The number of amides is 1. The van der Waals surface area contributed by atoms with Gasteiger partial charge in [-0.05, 0) is 73.2 Å². The van der Waals surface area contributed by atoms with Gasteiger partial charge in [0.1, 0.15) is 5.82 Å². The number of nitrogen functional groups attached to an aromatic ring is 1. The number of hydrogen-bond donors (Lipinski definition) is 2. The second-order valence-corrected chi connectivity index (χ2v) is 8.00. The van der Waals surface area contributed by atoms with Crippen molar-refractivity contribution in [3.05, 3.63) is 65.4 Å². The number of anilines is 2. The summed E-state index contributed by atoms with van der Waals surface area (Å²) >= 11 is 0. The van der Waals surface area contributed by atoms with Gasteiger partial charge in [-0.25, -0.2) is 4.98 Å². The maximum Gasteiger partial charge on any atom is 0.236 e. The quantitative estimate of drug-likeness (QED) is 0.635. The lowest BCUT2D eigenvalue weighted by Gasteiger charge is -2.18. The van der Waals surface area contributed by atoms with E-state index >= 15 is 0 Å². The third-order valence-electron chi connectivity index (χ3n) is 6.21. The average molecular weight is 401 g/mol. The summed E-state index contributed by atoms with van der Waals surface area (Å²) in [6.45, 7) is 4.25. The molecular weight excluding hydrogens is 378 g/mol. The molecule has 152 valence electrons. The number of rotatable bonds is 4. The summed E-state index contributed by atoms with van der Waals surface area (Å²) < 4.78 is 10.9. The van der Waals surface area contributed by atoms with Crippen LogP contribution in [-0.2, 0) is 10.2 Å². The number of nitrogens with one attached hydrogen (secondary N) is 1. The third kappa shape index (κ3) is 2.96. The standard InChI is InChI=1S/C24H23N3O3/c1-14-15(2)22(26-12-19(14)16-3-6-18(25)7-4-16)27-23(28)24(9-10-24)17-5-8-20-21(11-17)30-13-29-20/h3-8,11-12H,9-10,13,25H2,1-2H3,(H,26,27,28). The molecule has 5 rings (SSSR count). The van der Waals surface area contributed by atoms with Crippen LogP contribution in [0.5, 0.6) is 11.5 Å². The van der Waals surface area contributed by atoms with Crippen LogP contribution in [0.1, 0.15) is 29.5 Å². The number of pyridine rings is 1. The molecule has 1 amide bonds. The Balaban J connectivity index is 1.41. The largest absolute Gasteiger partial charge is 0.454 e. The molecule has 6 nitrogen and oxygen atoms in total. The molecule has 30 heavy (non-hydrogen) atoms. The number of hydrogen-bond acceptors (Lipinski definition) is 5. The first-order chi connectivity index (χ1) is 14.5. The van der Waals surface area contributed by atoms with Crippen LogP contribution in [0.25, 0.3) is 11.1 Å². The molecule has 1 aliphatic heterocycles. The maximum atomic E-state index is 13.2. The van der Waals surface area contributed by atoms with Gasteiger partial charge in [-0.2, -0.15) is 0 Å². The first-order valence-electron chi connectivity index (χ1n) is 10.0. The summed E-state index contributed by atoms with van der Waals surface area (Å²) in [5.74, 6) is 1.99. The highest BCUT2D eigenvalue weighted by atomic mass is 16.7. The number of ether oxygens (including phenoxy) is 2. The molecule has 0 bridgehead atoms. The van der Waals surface area contributed by atoms with Gasteiger partial charge in [0.25, 0.3) is 0 Å². The van der Waals surface area contributed by atoms with Crippen LogP contribution in [0.3, 0.4) is 0 Å². The SMILES string of the molecule is Cc1c(-c2ccc(N)cc2)cnc(NC(=O)C2(c3ccc4c(c3)OCO4)CC2)c1C. The minimum atomic E-state index is -0.529. The molecule has 2 aliphatic rings. The van der Waals surface area contributed by atoms with Crippen LogP contribution in [0.2, 0.25) is 0 Å². The van der Waals surface area contributed by atoms with Gasteiger partial charge in [0.2, 0.25) is 12.7 Å². The van der Waals surface area contributed by atoms with E-state index in [4.69, 9.17) is 15.2 Å². The summed E-state index contributed by atoms with van der Waals surface area (Å²) in [5, 5.41) is 3.07. The molecule has 0 saturated heterocycles. The Labute approximate surface area is 175 Å². The normalized spacial score (nSPS) is 15.7. The smallest absolute Gasteiger partial charge is 0.236 e. The number of fused-ring (bicyclic) bond motifs is 1. The van der Waals surface area contributed by atoms with Gasteiger partial charge >= 0.3 is 0 Å². The van der Waals surface area contributed by atoms with E-state index in [1.807, 2.05) is 62.5 Å². The van der Waals surface area contributed by atoms with Gasteiger partial charge in [-0.15, -0.1) is 0 Å². The molecule has 1 aliphatic carbocycles. The highest BCUT2D eigenvalue weighted by Gasteiger charge is 2.52. The van der Waals surface area contributed by atoms with Crippen LogP contribution < -0.4 is 20.5 Å². The molecule has 0 unspecified atom stereocenters. The second kappa shape index (κ2) is 6.76. The van der Waals surface area contributed by atoms with Crippen molar-refractivity contribution in [2.45, 2.75) is 32.1 Å². The predicted molar refractivity (Wildman–Crippen MR) is 116 cm³/mol. The van der Waals surface area contributed by atoms with Crippen molar-refractivity contribution in [3.63, 3.8) is 0 Å². The molecule has 0 spiro atoms. The van der Waals surface area contributed by atoms with Crippen molar-refractivity contribution in [3.8, 4) is 22.6 Å². The molecule has 2 aromatic carbocycles. The number of benzene rings is 2. The number of nitrogens with two attached hydrogens (primary N) is 1. The van der Waals surface area contributed by atoms with Crippen LogP contribution in [0, 0.1) is 13.8 Å². The number of carbonyl (C=O) groups excluding carboxylic acids is 1. The number of nitrogens with zero attached hydrogens (tertiary/aromatic N) is 1. The van der Waals surface area contributed by atoms with Gasteiger partial charge in [-0.1, -0.05) is 18.2 Å². The maximum absolute atomic E-state index is 13.2. The Morgan fingerprint density at radius 3 is 2.50 bits per heavy atom. The Kier molecular flexibility index (Phi) is 4.17. The molecule has 3 N–H and O–H groups in total. The minimum absolute atomic E-state index is 0.0309. The summed E-state index contributed by atoms with van der Waals surface area (Å²) in [5.41, 5.74) is 11.1. The summed E-state index contributed by atoms with van der Waals surface area (Å²) in [6.07, 6.45) is 3.42. The minimum Gasteiger partial charge on any atom is -0.454 e. The van der Waals surface area contributed by atoms with Gasteiger partial charge in [0.15, 0.2) is 11.5 Å². The van der Waals surface area contributed by atoms with E-state index in [0.29, 0.717) is 11.6 Å². The van der Waals surface area contributed by atoms with Crippen molar-refractivity contribution < 1.29 is 14.3 Å². The zero-order valence-corrected chi connectivity index (χ0v) is 17.0. The van der Waals surface area contributed by atoms with Crippen molar-refractivity contribution in [2.75, 3.05) is 17.8 Å². The Morgan fingerprint density at radius 2 is 1.77 bits per heavy atom. The van der Waals surface area contributed by atoms with Crippen LogP contribution in [-0.4, -0.2) is 17.7 Å². The monoisotopic (exact) mass is 401 g/mol. The lowest BCUT2D eigenvalue weighted by atomic mass is 9.94. The summed E-state index contributed by atoms with van der Waals surface area (Å²) in [6, 6.07) is 13.5. The van der Waals surface area contributed by atoms with Crippen molar-refractivity contribution in [2.24, 2.45) is 0 Å². The zero-order chi connectivity index (χ0) is 20.9. The fraction of sp³-hybridized carbons (Fsp3) is 0.250. The van der Waals surface area contributed by atoms with Crippen molar-refractivity contribution >= 4 is 17.4 Å². The lowest BCUT2D eigenvalue weighted by molar-refractivity contribution is -0.118. The van der Waals surface area contributed by atoms with Crippen LogP contribution >= 0.6 is 0 Å². The molecular formula is C24H23N3O3. The highest BCUT2D eigenvalue weighted by molar-refractivity contribution is 6.01. The Morgan fingerprint density at radius 1 is 1.03 bits per heavy atom. The van der Waals surface area contributed by atoms with Gasteiger partial charge < -0.3 is 20.5 Å². The van der Waals surface area contributed by atoms with E-state index in [9.17, 15) is 4.79 Å². The number of carbonyl (C=O) groups is 1. The van der Waals surface area contributed by atoms with E-state index in [2.05, 4.69) is 10.3 Å². The zero-order valence-electron chi connectivity index (χ0n) is 17.0. The Bertz CT molecular complexity index is 1150.